The Morgan fingerprint density at radius 2 is 2.17 bits per heavy atom. The van der Waals surface area contributed by atoms with Crippen molar-refractivity contribution in [1.29, 1.82) is 0 Å². The molecule has 0 aliphatic carbocycles. The van der Waals surface area contributed by atoms with Gasteiger partial charge in [0.15, 0.2) is 0 Å². The van der Waals surface area contributed by atoms with Crippen molar-refractivity contribution in [2.24, 2.45) is 0 Å². The van der Waals surface area contributed by atoms with Crippen LogP contribution in [-0.2, 0) is 4.79 Å². The molecular weight excluding hydrogens is 272 g/mol. The lowest BCUT2D eigenvalue weighted by Crippen LogP contribution is -2.41. The fourth-order valence-electron chi connectivity index (χ4n) is 1.46. The average Bonchev–Trinajstić information content (AvgIpc) is 2.63. The summed E-state index contributed by atoms with van der Waals surface area (Å²) >= 11 is 2.83. The molecule has 1 rings (SSSR count). The molecule has 1 unspecified atom stereocenters. The molecule has 1 heterocycles. The van der Waals surface area contributed by atoms with Gasteiger partial charge in [-0.3, -0.25) is 4.79 Å². The Hall–Kier alpha value is -1.08. The van der Waals surface area contributed by atoms with Gasteiger partial charge in [0, 0.05) is 0 Å². The number of hydrogen-bond acceptors (Lipinski definition) is 5. The SMILES string of the molecule is CSCCC(NC(=O)c1sc(C)nc1C)C(=O)O. The number of nitrogens with one attached hydrogen (secondary N) is 1. The van der Waals surface area contributed by atoms with Gasteiger partial charge in [0.25, 0.3) is 5.91 Å². The van der Waals surface area contributed by atoms with Gasteiger partial charge in [0.2, 0.25) is 0 Å². The summed E-state index contributed by atoms with van der Waals surface area (Å²) in [7, 11) is 0. The second-order valence-corrected chi connectivity index (χ2v) is 5.98. The predicted molar refractivity (Wildman–Crippen MR) is 73.5 cm³/mol. The van der Waals surface area contributed by atoms with Crippen LogP contribution in [0.2, 0.25) is 0 Å². The number of nitrogens with zero attached hydrogens (tertiary/aromatic N) is 1. The molecule has 7 heteroatoms. The van der Waals surface area contributed by atoms with Crippen LogP contribution in [-0.4, -0.2) is 40.0 Å². The smallest absolute Gasteiger partial charge is 0.326 e. The van der Waals surface area contributed by atoms with Gasteiger partial charge in [-0.1, -0.05) is 0 Å². The molecule has 0 saturated carbocycles. The molecule has 1 aromatic rings. The Morgan fingerprint density at radius 1 is 1.50 bits per heavy atom. The highest BCUT2D eigenvalue weighted by Gasteiger charge is 2.22. The van der Waals surface area contributed by atoms with Crippen molar-refractivity contribution in [2.45, 2.75) is 26.3 Å². The quantitative estimate of drug-likeness (QED) is 0.833. The number of carboxylic acid groups (broad SMARTS) is 1. The van der Waals surface area contributed by atoms with Crippen LogP contribution in [0.25, 0.3) is 0 Å². The van der Waals surface area contributed by atoms with Crippen molar-refractivity contribution in [3.8, 4) is 0 Å². The van der Waals surface area contributed by atoms with E-state index in [1.54, 1.807) is 18.7 Å². The summed E-state index contributed by atoms with van der Waals surface area (Å²) < 4.78 is 0. The molecule has 0 saturated heterocycles. The molecule has 18 heavy (non-hydrogen) atoms. The Labute approximate surface area is 114 Å². The summed E-state index contributed by atoms with van der Waals surface area (Å²) in [6.45, 7) is 3.56. The number of carbonyl (C=O) groups is 2. The zero-order valence-electron chi connectivity index (χ0n) is 10.5. The molecule has 0 spiro atoms. The van der Waals surface area contributed by atoms with Gasteiger partial charge in [-0.15, -0.1) is 11.3 Å². The first-order valence-electron chi connectivity index (χ1n) is 5.42. The van der Waals surface area contributed by atoms with Crippen LogP contribution in [0.5, 0.6) is 0 Å². The van der Waals surface area contributed by atoms with Crippen molar-refractivity contribution < 1.29 is 14.7 Å². The molecule has 0 bridgehead atoms. The zero-order chi connectivity index (χ0) is 13.7. The van der Waals surface area contributed by atoms with Crippen molar-refractivity contribution in [3.63, 3.8) is 0 Å². The van der Waals surface area contributed by atoms with Crippen LogP contribution in [0, 0.1) is 13.8 Å². The van der Waals surface area contributed by atoms with Gasteiger partial charge in [-0.05, 0) is 32.3 Å². The number of aromatic nitrogens is 1. The first kappa shape index (κ1) is 15.0. The number of thiazole rings is 1. The van der Waals surface area contributed by atoms with Crippen molar-refractivity contribution >= 4 is 35.0 Å². The zero-order valence-corrected chi connectivity index (χ0v) is 12.2. The summed E-state index contributed by atoms with van der Waals surface area (Å²) in [5, 5.41) is 12.4. The number of rotatable bonds is 6. The second kappa shape index (κ2) is 6.75. The maximum Gasteiger partial charge on any atom is 0.326 e. The van der Waals surface area contributed by atoms with Gasteiger partial charge in [-0.25, -0.2) is 9.78 Å². The molecule has 1 atom stereocenters. The molecule has 1 aromatic heterocycles. The van der Waals surface area contributed by atoms with Crippen molar-refractivity contribution in [3.05, 3.63) is 15.6 Å². The molecule has 1 amide bonds. The largest absolute Gasteiger partial charge is 0.480 e. The lowest BCUT2D eigenvalue weighted by molar-refractivity contribution is -0.139. The number of carbonyl (C=O) groups excluding carboxylic acids is 1. The van der Waals surface area contributed by atoms with Gasteiger partial charge in [0.05, 0.1) is 10.7 Å². The highest BCUT2D eigenvalue weighted by molar-refractivity contribution is 7.98. The minimum absolute atomic E-state index is 0.355. The number of carboxylic acids is 1. The fraction of sp³-hybridized carbons (Fsp3) is 0.545. The molecule has 0 aliphatic heterocycles. The van der Waals surface area contributed by atoms with Gasteiger partial charge in [-0.2, -0.15) is 11.8 Å². The standard InChI is InChI=1S/C11H16N2O3S2/c1-6-9(18-7(2)12-6)10(14)13-8(11(15)16)4-5-17-3/h8H,4-5H2,1-3H3,(H,13,14)(H,15,16). The summed E-state index contributed by atoms with van der Waals surface area (Å²) in [4.78, 5) is 27.6. The van der Waals surface area contributed by atoms with E-state index in [1.807, 2.05) is 13.2 Å². The van der Waals surface area contributed by atoms with E-state index in [0.717, 1.165) is 5.01 Å². The summed E-state index contributed by atoms with van der Waals surface area (Å²) in [6.07, 6.45) is 2.32. The average molecular weight is 288 g/mol. The van der Waals surface area contributed by atoms with E-state index in [0.29, 0.717) is 22.7 Å². The third-order valence-electron chi connectivity index (χ3n) is 2.32. The predicted octanol–water partition coefficient (Wildman–Crippen LogP) is 1.70. The Bertz CT molecular complexity index is 445. The molecule has 5 nitrogen and oxygen atoms in total. The third kappa shape index (κ3) is 3.99. The molecule has 0 fully saturated rings. The number of thioether (sulfide) groups is 1. The van der Waals surface area contributed by atoms with Crippen molar-refractivity contribution in [2.75, 3.05) is 12.0 Å². The van der Waals surface area contributed by atoms with Crippen LogP contribution in [0.4, 0.5) is 0 Å². The monoisotopic (exact) mass is 288 g/mol. The number of amides is 1. The van der Waals surface area contributed by atoms with Gasteiger partial charge >= 0.3 is 5.97 Å². The molecule has 2 N–H and O–H groups in total. The number of hydrogen-bond donors (Lipinski definition) is 2. The highest BCUT2D eigenvalue weighted by atomic mass is 32.2. The summed E-state index contributed by atoms with van der Waals surface area (Å²) in [5.41, 5.74) is 0.643. The maximum absolute atomic E-state index is 11.9. The molecule has 0 radical (unpaired) electrons. The van der Waals surface area contributed by atoms with E-state index in [2.05, 4.69) is 10.3 Å². The van der Waals surface area contributed by atoms with E-state index in [-0.39, 0.29) is 5.91 Å². The van der Waals surface area contributed by atoms with Gasteiger partial charge in [0.1, 0.15) is 10.9 Å². The lowest BCUT2D eigenvalue weighted by atomic mass is 10.2. The first-order chi connectivity index (χ1) is 8.45. The summed E-state index contributed by atoms with van der Waals surface area (Å²) in [5.74, 6) is -0.666. The lowest BCUT2D eigenvalue weighted by Gasteiger charge is -2.13. The maximum atomic E-state index is 11.9. The Balaban J connectivity index is 2.72. The van der Waals surface area contributed by atoms with Crippen LogP contribution >= 0.6 is 23.1 Å². The topological polar surface area (TPSA) is 79.3 Å². The Kier molecular flexibility index (Phi) is 5.61. The van der Waals surface area contributed by atoms with Crippen LogP contribution in [0.1, 0.15) is 26.8 Å². The Morgan fingerprint density at radius 3 is 2.61 bits per heavy atom. The van der Waals surface area contributed by atoms with Crippen molar-refractivity contribution in [1.82, 2.24) is 10.3 Å². The van der Waals surface area contributed by atoms with Crippen LogP contribution in [0.3, 0.4) is 0 Å². The van der Waals surface area contributed by atoms with E-state index >= 15 is 0 Å². The van der Waals surface area contributed by atoms with E-state index in [4.69, 9.17) is 5.11 Å². The molecule has 0 aliphatic rings. The fourth-order valence-corrected chi connectivity index (χ4v) is 2.75. The highest BCUT2D eigenvalue weighted by Crippen LogP contribution is 2.17. The summed E-state index contributed by atoms with van der Waals surface area (Å²) in [6, 6.07) is -0.841. The minimum atomic E-state index is -1.00. The third-order valence-corrected chi connectivity index (χ3v) is 4.04. The van der Waals surface area contributed by atoms with E-state index < -0.39 is 12.0 Å². The number of aliphatic carboxylic acids is 1. The first-order valence-corrected chi connectivity index (χ1v) is 7.63. The second-order valence-electron chi connectivity index (χ2n) is 3.79. The normalized spacial score (nSPS) is 12.2. The minimum Gasteiger partial charge on any atom is -0.480 e. The molecule has 0 aromatic carbocycles. The van der Waals surface area contributed by atoms with Crippen LogP contribution in [0.15, 0.2) is 0 Å². The van der Waals surface area contributed by atoms with Crippen LogP contribution < -0.4 is 5.32 Å². The molecule has 100 valence electrons. The van der Waals surface area contributed by atoms with E-state index in [9.17, 15) is 9.59 Å². The molecular formula is C11H16N2O3S2. The van der Waals surface area contributed by atoms with Gasteiger partial charge < -0.3 is 10.4 Å². The van der Waals surface area contributed by atoms with E-state index in [1.165, 1.54) is 11.3 Å². The number of aryl methyl sites for hydroxylation is 2.